The van der Waals surface area contributed by atoms with Crippen LogP contribution < -0.4 is 10.6 Å². The van der Waals surface area contributed by atoms with Crippen molar-refractivity contribution in [1.82, 2.24) is 0 Å². The Balaban J connectivity index is 2.21. The Kier molecular flexibility index (Phi) is 3.67. The molecule has 17 heavy (non-hydrogen) atoms. The highest BCUT2D eigenvalue weighted by atomic mass is 19.1. The molecule has 0 atom stereocenters. The van der Waals surface area contributed by atoms with E-state index in [0.717, 1.165) is 18.0 Å². The van der Waals surface area contributed by atoms with Crippen LogP contribution in [-0.2, 0) is 6.54 Å². The van der Waals surface area contributed by atoms with Crippen LogP contribution in [0.5, 0.6) is 0 Å². The van der Waals surface area contributed by atoms with Gasteiger partial charge in [-0.15, -0.1) is 0 Å². The second-order valence-corrected chi connectivity index (χ2v) is 5.18. The lowest BCUT2D eigenvalue weighted by Gasteiger charge is -2.29. The Hall–Kier alpha value is -1.09. The molecular formula is C14H21FN2. The Morgan fingerprint density at radius 3 is 2.59 bits per heavy atom. The number of nitrogens with two attached hydrogens (primary N) is 1. The van der Waals surface area contributed by atoms with Gasteiger partial charge in [0.1, 0.15) is 5.82 Å². The van der Waals surface area contributed by atoms with Crippen LogP contribution in [0.4, 0.5) is 10.1 Å². The quantitative estimate of drug-likeness (QED) is 0.851. The summed E-state index contributed by atoms with van der Waals surface area (Å²) in [6, 6.07) is 5.66. The van der Waals surface area contributed by atoms with E-state index >= 15 is 0 Å². The van der Waals surface area contributed by atoms with E-state index in [2.05, 4.69) is 18.7 Å². The molecule has 2 rings (SSSR count). The van der Waals surface area contributed by atoms with Crippen LogP contribution in [0, 0.1) is 11.7 Å². The predicted molar refractivity (Wildman–Crippen MR) is 69.5 cm³/mol. The second kappa shape index (κ2) is 5.05. The summed E-state index contributed by atoms with van der Waals surface area (Å²) in [5, 5.41) is 0. The SMILES string of the molecule is CC(C)N(CC1CC1)c1ccc(CN)cc1F. The summed E-state index contributed by atoms with van der Waals surface area (Å²) in [6.45, 7) is 5.58. The molecule has 3 heteroatoms. The van der Waals surface area contributed by atoms with Crippen LogP contribution >= 0.6 is 0 Å². The van der Waals surface area contributed by atoms with Gasteiger partial charge in [0, 0.05) is 19.1 Å². The first kappa shape index (κ1) is 12.4. The third-order valence-electron chi connectivity index (χ3n) is 3.33. The van der Waals surface area contributed by atoms with Crippen molar-refractivity contribution in [2.75, 3.05) is 11.4 Å². The fourth-order valence-electron chi connectivity index (χ4n) is 2.08. The number of hydrogen-bond acceptors (Lipinski definition) is 2. The van der Waals surface area contributed by atoms with E-state index in [1.165, 1.54) is 12.8 Å². The molecule has 0 radical (unpaired) electrons. The Labute approximate surface area is 103 Å². The number of halogens is 1. The third-order valence-corrected chi connectivity index (χ3v) is 3.33. The first-order valence-electron chi connectivity index (χ1n) is 6.37. The van der Waals surface area contributed by atoms with Crippen LogP contribution in [0.25, 0.3) is 0 Å². The number of hydrogen-bond donors (Lipinski definition) is 1. The fraction of sp³-hybridized carbons (Fsp3) is 0.571. The van der Waals surface area contributed by atoms with E-state index in [1.54, 1.807) is 6.07 Å². The van der Waals surface area contributed by atoms with Crippen LogP contribution in [0.1, 0.15) is 32.3 Å². The lowest BCUT2D eigenvalue weighted by Crippen LogP contribution is -2.33. The van der Waals surface area contributed by atoms with Crippen molar-refractivity contribution in [1.29, 1.82) is 0 Å². The second-order valence-electron chi connectivity index (χ2n) is 5.18. The van der Waals surface area contributed by atoms with Gasteiger partial charge in [0.05, 0.1) is 5.69 Å². The van der Waals surface area contributed by atoms with Crippen molar-refractivity contribution in [3.63, 3.8) is 0 Å². The molecule has 1 fully saturated rings. The van der Waals surface area contributed by atoms with Gasteiger partial charge in [0.25, 0.3) is 0 Å². The molecule has 0 heterocycles. The molecule has 0 amide bonds. The molecule has 0 unspecified atom stereocenters. The standard InChI is InChI=1S/C14H21FN2/c1-10(2)17(9-11-3-4-11)14-6-5-12(8-16)7-13(14)15/h5-7,10-11H,3-4,8-9,16H2,1-2H3. The molecule has 94 valence electrons. The van der Waals surface area contributed by atoms with E-state index in [4.69, 9.17) is 5.73 Å². The molecule has 2 nitrogen and oxygen atoms in total. The largest absolute Gasteiger partial charge is 0.366 e. The van der Waals surface area contributed by atoms with Crippen molar-refractivity contribution in [2.45, 2.75) is 39.3 Å². The first-order valence-corrected chi connectivity index (χ1v) is 6.37. The van der Waals surface area contributed by atoms with Gasteiger partial charge in [0.15, 0.2) is 0 Å². The van der Waals surface area contributed by atoms with Crippen molar-refractivity contribution < 1.29 is 4.39 Å². The van der Waals surface area contributed by atoms with Crippen molar-refractivity contribution in [3.05, 3.63) is 29.6 Å². The zero-order chi connectivity index (χ0) is 12.4. The van der Waals surface area contributed by atoms with Gasteiger partial charge >= 0.3 is 0 Å². The Bertz CT molecular complexity index is 386. The lowest BCUT2D eigenvalue weighted by molar-refractivity contribution is 0.587. The number of nitrogens with zero attached hydrogens (tertiary/aromatic N) is 1. The van der Waals surface area contributed by atoms with Gasteiger partial charge in [-0.2, -0.15) is 0 Å². The van der Waals surface area contributed by atoms with Crippen molar-refractivity contribution >= 4 is 5.69 Å². The highest BCUT2D eigenvalue weighted by Crippen LogP contribution is 2.33. The minimum atomic E-state index is -0.151. The average molecular weight is 236 g/mol. The summed E-state index contributed by atoms with van der Waals surface area (Å²) >= 11 is 0. The summed E-state index contributed by atoms with van der Waals surface area (Å²) in [5.74, 6) is 0.605. The average Bonchev–Trinajstić information content (AvgIpc) is 3.10. The van der Waals surface area contributed by atoms with Crippen LogP contribution in [-0.4, -0.2) is 12.6 Å². The summed E-state index contributed by atoms with van der Waals surface area (Å²) < 4.78 is 14.0. The topological polar surface area (TPSA) is 29.3 Å². The molecular weight excluding hydrogens is 215 g/mol. The molecule has 0 saturated heterocycles. The molecule has 2 N–H and O–H groups in total. The maximum atomic E-state index is 14.0. The maximum Gasteiger partial charge on any atom is 0.146 e. The van der Waals surface area contributed by atoms with E-state index < -0.39 is 0 Å². The minimum Gasteiger partial charge on any atom is -0.366 e. The summed E-state index contributed by atoms with van der Waals surface area (Å²) in [6.07, 6.45) is 2.57. The normalized spacial score (nSPS) is 15.4. The molecule has 1 aromatic carbocycles. The summed E-state index contributed by atoms with van der Waals surface area (Å²) in [4.78, 5) is 2.16. The molecule has 1 aromatic rings. The number of anilines is 1. The zero-order valence-corrected chi connectivity index (χ0v) is 10.6. The Morgan fingerprint density at radius 1 is 1.41 bits per heavy atom. The maximum absolute atomic E-state index is 14.0. The van der Waals surface area contributed by atoms with Crippen molar-refractivity contribution in [3.8, 4) is 0 Å². The molecule has 1 saturated carbocycles. The highest BCUT2D eigenvalue weighted by Gasteiger charge is 2.26. The predicted octanol–water partition coefficient (Wildman–Crippen LogP) is 2.91. The van der Waals surface area contributed by atoms with Crippen molar-refractivity contribution in [2.24, 2.45) is 11.7 Å². The van der Waals surface area contributed by atoms with Gasteiger partial charge in [-0.1, -0.05) is 6.07 Å². The molecule has 1 aliphatic carbocycles. The van der Waals surface area contributed by atoms with Gasteiger partial charge in [-0.05, 0) is 50.3 Å². The number of rotatable bonds is 5. The van der Waals surface area contributed by atoms with Crippen LogP contribution in [0.15, 0.2) is 18.2 Å². The van der Waals surface area contributed by atoms with E-state index in [9.17, 15) is 4.39 Å². The van der Waals surface area contributed by atoms with E-state index in [-0.39, 0.29) is 5.82 Å². The van der Waals surface area contributed by atoms with E-state index in [1.807, 2.05) is 12.1 Å². The monoisotopic (exact) mass is 236 g/mol. The third kappa shape index (κ3) is 2.97. The van der Waals surface area contributed by atoms with Crippen LogP contribution in [0.3, 0.4) is 0 Å². The summed E-state index contributed by atoms with van der Waals surface area (Å²) in [7, 11) is 0. The van der Waals surface area contributed by atoms with Gasteiger partial charge in [-0.3, -0.25) is 0 Å². The molecule has 0 aliphatic heterocycles. The van der Waals surface area contributed by atoms with E-state index in [0.29, 0.717) is 18.3 Å². The molecule has 0 aromatic heterocycles. The van der Waals surface area contributed by atoms with Gasteiger partial charge in [0.2, 0.25) is 0 Å². The Morgan fingerprint density at radius 2 is 2.12 bits per heavy atom. The van der Waals surface area contributed by atoms with Crippen LogP contribution in [0.2, 0.25) is 0 Å². The smallest absolute Gasteiger partial charge is 0.146 e. The molecule has 1 aliphatic rings. The zero-order valence-electron chi connectivity index (χ0n) is 10.6. The molecule has 0 bridgehead atoms. The van der Waals surface area contributed by atoms with Gasteiger partial charge < -0.3 is 10.6 Å². The lowest BCUT2D eigenvalue weighted by atomic mass is 10.1. The first-order chi connectivity index (χ1) is 8.11. The number of benzene rings is 1. The minimum absolute atomic E-state index is 0.151. The summed E-state index contributed by atoms with van der Waals surface area (Å²) in [5.41, 5.74) is 7.08. The molecule has 0 spiro atoms. The fourth-order valence-corrected chi connectivity index (χ4v) is 2.08. The van der Waals surface area contributed by atoms with Gasteiger partial charge in [-0.25, -0.2) is 4.39 Å². The highest BCUT2D eigenvalue weighted by molar-refractivity contribution is 5.50.